The minimum absolute atomic E-state index is 0.0818. The quantitative estimate of drug-likeness (QED) is 0.333. The van der Waals surface area contributed by atoms with E-state index in [1.807, 2.05) is 11.0 Å². The number of amides is 2. The summed E-state index contributed by atoms with van der Waals surface area (Å²) in [5, 5.41) is 22.4. The molecular weight excluding hydrogens is 488 g/mol. The van der Waals surface area contributed by atoms with Gasteiger partial charge in [0, 0.05) is 49.5 Å². The molecule has 0 saturated carbocycles. The molecule has 1 spiro atoms. The zero-order chi connectivity index (χ0) is 24.0. The number of aliphatic carboxylic acids is 1. The average Bonchev–Trinajstić information content (AvgIpc) is 3.48. The number of urea groups is 1. The Labute approximate surface area is 206 Å². The fourth-order valence-electron chi connectivity index (χ4n) is 4.30. The number of ether oxygens (including phenoxy) is 1. The standard InChI is InChI=1S/C21H29ClN4O5S2/c1-3-4-15-14(5-8-22)21(7-9-25(12-21)20(30)31-2)13-26(15)19(29)24-18-23-11-17(33-18)32-10-6-16(27)28/h3-5,17,20,30H,1,6-13H2,2H3,(H,27,28)(H,23,24,29)/b14-5+,15-4+/t17?,20?,21-/m1/s1. The van der Waals surface area contributed by atoms with Crippen LogP contribution in [0.5, 0.6) is 0 Å². The van der Waals surface area contributed by atoms with E-state index in [0.717, 1.165) is 17.7 Å². The molecule has 9 nitrogen and oxygen atoms in total. The molecule has 0 aromatic heterocycles. The molecule has 0 bridgehead atoms. The van der Waals surface area contributed by atoms with Crippen molar-refractivity contribution in [3.05, 3.63) is 36.1 Å². The number of aliphatic hydroxyl groups is 1. The number of carbonyl (C=O) groups excluding carboxylic acids is 1. The number of allylic oxidation sites excluding steroid dienone is 4. The molecule has 0 aromatic rings. The van der Waals surface area contributed by atoms with Gasteiger partial charge in [-0.2, -0.15) is 0 Å². The average molecular weight is 517 g/mol. The number of carboxylic acid groups (broad SMARTS) is 1. The Morgan fingerprint density at radius 3 is 2.97 bits per heavy atom. The number of alkyl halides is 1. The number of methoxy groups -OCH3 is 1. The first kappa shape index (κ1) is 26.1. The van der Waals surface area contributed by atoms with E-state index >= 15 is 0 Å². The molecule has 12 heteroatoms. The Bertz CT molecular complexity index is 868. The van der Waals surface area contributed by atoms with E-state index in [4.69, 9.17) is 21.4 Å². The van der Waals surface area contributed by atoms with E-state index in [9.17, 15) is 14.7 Å². The zero-order valence-corrected chi connectivity index (χ0v) is 20.8. The fraction of sp³-hybridized carbons (Fsp3) is 0.571. The zero-order valence-electron chi connectivity index (χ0n) is 18.4. The van der Waals surface area contributed by atoms with Gasteiger partial charge in [0.25, 0.3) is 0 Å². The van der Waals surface area contributed by atoms with Gasteiger partial charge in [0.15, 0.2) is 5.17 Å². The van der Waals surface area contributed by atoms with Crippen LogP contribution in [0, 0.1) is 5.41 Å². The lowest BCUT2D eigenvalue weighted by Crippen LogP contribution is -2.42. The van der Waals surface area contributed by atoms with E-state index in [1.165, 1.54) is 30.6 Å². The number of carbonyl (C=O) groups is 2. The Morgan fingerprint density at radius 1 is 1.52 bits per heavy atom. The van der Waals surface area contributed by atoms with Gasteiger partial charge in [-0.25, -0.2) is 4.79 Å². The van der Waals surface area contributed by atoms with Crippen molar-refractivity contribution in [1.82, 2.24) is 15.1 Å². The second kappa shape index (κ2) is 11.8. The molecule has 2 saturated heterocycles. The molecule has 0 aromatic carbocycles. The molecule has 0 aliphatic carbocycles. The molecule has 3 aliphatic heterocycles. The molecule has 2 fully saturated rings. The topological polar surface area (TPSA) is 115 Å². The molecule has 3 heterocycles. The van der Waals surface area contributed by atoms with Crippen molar-refractivity contribution in [1.29, 1.82) is 0 Å². The maximum absolute atomic E-state index is 13.3. The third kappa shape index (κ3) is 6.14. The first-order valence-corrected chi connectivity index (χ1v) is 13.0. The Balaban J connectivity index is 1.71. The summed E-state index contributed by atoms with van der Waals surface area (Å²) in [5.74, 6) is -0.0269. The summed E-state index contributed by atoms with van der Waals surface area (Å²) in [6.07, 6.45) is 5.20. The number of amidine groups is 1. The second-order valence-electron chi connectivity index (χ2n) is 7.85. The minimum Gasteiger partial charge on any atom is -0.481 e. The molecule has 33 heavy (non-hydrogen) atoms. The number of thioether (sulfide) groups is 2. The summed E-state index contributed by atoms with van der Waals surface area (Å²) < 4.78 is 5.16. The third-order valence-corrected chi connectivity index (χ3v) is 8.45. The summed E-state index contributed by atoms with van der Waals surface area (Å²) >= 11 is 9.04. The number of aliphatic imine (C=N–C) groups is 1. The maximum atomic E-state index is 13.3. The predicted octanol–water partition coefficient (Wildman–Crippen LogP) is 2.50. The van der Waals surface area contributed by atoms with E-state index in [2.05, 4.69) is 16.9 Å². The number of halogens is 1. The smallest absolute Gasteiger partial charge is 0.327 e. The number of hydrogen-bond acceptors (Lipinski definition) is 8. The lowest BCUT2D eigenvalue weighted by molar-refractivity contribution is -0.171. The van der Waals surface area contributed by atoms with E-state index in [-0.39, 0.29) is 22.4 Å². The number of likely N-dealkylation sites (tertiary alicyclic amines) is 2. The lowest BCUT2D eigenvalue weighted by atomic mass is 9.80. The van der Waals surface area contributed by atoms with Gasteiger partial charge < -0.3 is 14.9 Å². The normalized spacial score (nSPS) is 28.6. The summed E-state index contributed by atoms with van der Waals surface area (Å²) in [6.45, 7) is 5.91. The van der Waals surface area contributed by atoms with Crippen LogP contribution in [0.2, 0.25) is 0 Å². The number of carboxylic acids is 1. The van der Waals surface area contributed by atoms with Gasteiger partial charge in [-0.15, -0.1) is 23.4 Å². The van der Waals surface area contributed by atoms with Crippen molar-refractivity contribution < 1.29 is 24.5 Å². The van der Waals surface area contributed by atoms with Gasteiger partial charge in [-0.3, -0.25) is 24.9 Å². The van der Waals surface area contributed by atoms with E-state index < -0.39 is 12.4 Å². The maximum Gasteiger partial charge on any atom is 0.327 e. The Hall–Kier alpha value is -1.50. The van der Waals surface area contributed by atoms with Crippen LogP contribution in [0.15, 0.2) is 41.1 Å². The Morgan fingerprint density at radius 2 is 2.30 bits per heavy atom. The highest BCUT2D eigenvalue weighted by molar-refractivity contribution is 8.25. The molecule has 3 aliphatic rings. The van der Waals surface area contributed by atoms with Crippen LogP contribution >= 0.6 is 35.1 Å². The summed E-state index contributed by atoms with van der Waals surface area (Å²) in [7, 11) is 1.45. The predicted molar refractivity (Wildman–Crippen MR) is 132 cm³/mol. The first-order valence-electron chi connectivity index (χ1n) is 10.5. The van der Waals surface area contributed by atoms with Crippen LogP contribution < -0.4 is 5.32 Å². The molecule has 3 rings (SSSR count). The van der Waals surface area contributed by atoms with Crippen molar-refractivity contribution in [2.24, 2.45) is 10.4 Å². The number of aliphatic hydroxyl groups excluding tert-OH is 1. The largest absolute Gasteiger partial charge is 0.481 e. The van der Waals surface area contributed by atoms with Crippen LogP contribution in [0.1, 0.15) is 12.8 Å². The van der Waals surface area contributed by atoms with Crippen molar-refractivity contribution >= 4 is 52.3 Å². The van der Waals surface area contributed by atoms with E-state index in [0.29, 0.717) is 43.0 Å². The van der Waals surface area contributed by atoms with Gasteiger partial charge >= 0.3 is 12.0 Å². The van der Waals surface area contributed by atoms with Gasteiger partial charge in [0.05, 0.1) is 17.5 Å². The van der Waals surface area contributed by atoms with Crippen LogP contribution in [-0.2, 0) is 9.53 Å². The molecule has 2 amide bonds. The number of nitrogens with zero attached hydrogens (tertiary/aromatic N) is 3. The Kier molecular flexibility index (Phi) is 9.31. The van der Waals surface area contributed by atoms with Crippen LogP contribution in [0.25, 0.3) is 0 Å². The van der Waals surface area contributed by atoms with Gasteiger partial charge in [-0.05, 0) is 18.1 Å². The van der Waals surface area contributed by atoms with Gasteiger partial charge in [-0.1, -0.05) is 30.5 Å². The van der Waals surface area contributed by atoms with Crippen molar-refractivity contribution in [3.8, 4) is 0 Å². The van der Waals surface area contributed by atoms with Gasteiger partial charge in [0.2, 0.25) is 6.41 Å². The lowest BCUT2D eigenvalue weighted by Gasteiger charge is -2.27. The number of rotatable bonds is 8. The van der Waals surface area contributed by atoms with Crippen LogP contribution in [-0.4, -0.2) is 93.1 Å². The molecule has 182 valence electrons. The van der Waals surface area contributed by atoms with Crippen molar-refractivity contribution in [2.45, 2.75) is 23.8 Å². The molecule has 3 N–H and O–H groups in total. The SMILES string of the molecule is C=C/C=C1\C(=C/CCl)[C@@]2(CCN(C(O)OC)C2)CN1C(=O)NC1=NCC(SCCC(=O)O)S1. The third-order valence-electron chi connectivity index (χ3n) is 5.77. The highest BCUT2D eigenvalue weighted by atomic mass is 35.5. The van der Waals surface area contributed by atoms with Crippen LogP contribution in [0.3, 0.4) is 0 Å². The van der Waals surface area contributed by atoms with E-state index in [1.54, 1.807) is 17.1 Å². The molecule has 0 radical (unpaired) electrons. The highest BCUT2D eigenvalue weighted by Gasteiger charge is 2.51. The number of hydrogen-bond donors (Lipinski definition) is 3. The molecule has 2 unspecified atom stereocenters. The summed E-state index contributed by atoms with van der Waals surface area (Å²) in [5.41, 5.74) is 1.31. The minimum atomic E-state index is -1.00. The highest BCUT2D eigenvalue weighted by Crippen LogP contribution is 2.49. The number of nitrogens with one attached hydrogen (secondary N) is 1. The summed E-state index contributed by atoms with van der Waals surface area (Å²) in [6, 6.07) is -0.298. The fourth-order valence-corrected chi connectivity index (χ4v) is 6.72. The molecular formula is C21H29ClN4O5S2. The van der Waals surface area contributed by atoms with Crippen molar-refractivity contribution in [2.75, 3.05) is 44.9 Å². The monoisotopic (exact) mass is 516 g/mol. The molecule has 3 atom stereocenters. The summed E-state index contributed by atoms with van der Waals surface area (Å²) in [4.78, 5) is 31.9. The van der Waals surface area contributed by atoms with Crippen LogP contribution in [0.4, 0.5) is 4.79 Å². The van der Waals surface area contributed by atoms with Crippen molar-refractivity contribution in [3.63, 3.8) is 0 Å². The van der Waals surface area contributed by atoms with Gasteiger partial charge in [0.1, 0.15) is 0 Å². The first-order chi connectivity index (χ1) is 15.8. The second-order valence-corrected chi connectivity index (χ2v) is 11.0.